The Balaban J connectivity index is 0.00000300. The Kier molecular flexibility index (Phi) is 10.4. The Morgan fingerprint density at radius 3 is 2.62 bits per heavy atom. The molecular formula is C25H36ClNO2. The highest BCUT2D eigenvalue weighted by Gasteiger charge is 2.20. The lowest BCUT2D eigenvalue weighted by Crippen LogP contribution is -2.26. The van der Waals surface area contributed by atoms with E-state index in [4.69, 9.17) is 9.47 Å². The van der Waals surface area contributed by atoms with Gasteiger partial charge in [-0.1, -0.05) is 36.8 Å². The molecule has 2 aromatic carbocycles. The number of aryl methyl sites for hydroxylation is 2. The van der Waals surface area contributed by atoms with E-state index in [0.717, 1.165) is 37.4 Å². The van der Waals surface area contributed by atoms with Crippen LogP contribution in [-0.2, 0) is 12.8 Å². The molecule has 1 unspecified atom stereocenters. The van der Waals surface area contributed by atoms with Crippen LogP contribution >= 0.6 is 12.4 Å². The molecule has 0 spiro atoms. The summed E-state index contributed by atoms with van der Waals surface area (Å²) < 4.78 is 11.5. The fraction of sp³-hybridized carbons (Fsp3) is 0.520. The van der Waals surface area contributed by atoms with Crippen molar-refractivity contribution < 1.29 is 9.47 Å². The van der Waals surface area contributed by atoms with Crippen molar-refractivity contribution in [1.82, 2.24) is 4.90 Å². The van der Waals surface area contributed by atoms with E-state index >= 15 is 0 Å². The van der Waals surface area contributed by atoms with Crippen LogP contribution < -0.4 is 9.47 Å². The maximum Gasteiger partial charge on any atom is 0.122 e. The van der Waals surface area contributed by atoms with Crippen molar-refractivity contribution in [2.24, 2.45) is 0 Å². The minimum Gasteiger partial charge on any atom is -0.497 e. The van der Waals surface area contributed by atoms with Crippen LogP contribution in [0.15, 0.2) is 48.5 Å². The SMILES string of the molecule is COc1cccc(CCCCCc2ccccc2OCCC2CCCN2C)c1.Cl. The number of likely N-dealkylation sites (tertiary alicyclic amines) is 1. The van der Waals surface area contributed by atoms with Gasteiger partial charge in [-0.05, 0) is 87.9 Å². The Bertz CT molecular complexity index is 721. The van der Waals surface area contributed by atoms with Gasteiger partial charge in [-0.3, -0.25) is 0 Å². The molecule has 0 bridgehead atoms. The summed E-state index contributed by atoms with van der Waals surface area (Å²) in [6.45, 7) is 2.05. The Morgan fingerprint density at radius 2 is 1.83 bits per heavy atom. The van der Waals surface area contributed by atoms with Gasteiger partial charge in [-0.25, -0.2) is 0 Å². The molecule has 1 aliphatic rings. The Hall–Kier alpha value is -1.71. The summed E-state index contributed by atoms with van der Waals surface area (Å²) in [6, 6.07) is 17.7. The fourth-order valence-corrected chi connectivity index (χ4v) is 4.15. The first-order chi connectivity index (χ1) is 13.8. The normalized spacial score (nSPS) is 16.4. The number of hydrogen-bond donors (Lipinski definition) is 0. The molecule has 1 aliphatic heterocycles. The monoisotopic (exact) mass is 417 g/mol. The van der Waals surface area contributed by atoms with E-state index in [2.05, 4.69) is 54.4 Å². The van der Waals surface area contributed by atoms with Crippen molar-refractivity contribution in [2.45, 2.75) is 57.4 Å². The first-order valence-corrected chi connectivity index (χ1v) is 10.8. The number of hydrogen-bond acceptors (Lipinski definition) is 3. The van der Waals surface area contributed by atoms with Crippen molar-refractivity contribution in [3.8, 4) is 11.5 Å². The number of unbranched alkanes of at least 4 members (excludes halogenated alkanes) is 2. The molecule has 1 fully saturated rings. The predicted molar refractivity (Wildman–Crippen MR) is 124 cm³/mol. The molecule has 0 radical (unpaired) electrons. The van der Waals surface area contributed by atoms with Crippen molar-refractivity contribution in [3.63, 3.8) is 0 Å². The van der Waals surface area contributed by atoms with Gasteiger partial charge < -0.3 is 14.4 Å². The molecule has 160 valence electrons. The predicted octanol–water partition coefficient (Wildman–Crippen LogP) is 5.94. The van der Waals surface area contributed by atoms with Crippen molar-refractivity contribution >= 4 is 12.4 Å². The van der Waals surface area contributed by atoms with Gasteiger partial charge in [0.25, 0.3) is 0 Å². The molecular weight excluding hydrogens is 382 g/mol. The lowest BCUT2D eigenvalue weighted by atomic mass is 10.0. The second-order valence-electron chi connectivity index (χ2n) is 7.93. The lowest BCUT2D eigenvalue weighted by Gasteiger charge is -2.20. The van der Waals surface area contributed by atoms with E-state index in [9.17, 15) is 0 Å². The molecule has 1 heterocycles. The summed E-state index contributed by atoms with van der Waals surface area (Å²) >= 11 is 0. The summed E-state index contributed by atoms with van der Waals surface area (Å²) in [7, 11) is 3.96. The van der Waals surface area contributed by atoms with E-state index in [-0.39, 0.29) is 12.4 Å². The van der Waals surface area contributed by atoms with Crippen LogP contribution in [-0.4, -0.2) is 38.3 Å². The van der Waals surface area contributed by atoms with Crippen LogP contribution in [0.5, 0.6) is 11.5 Å². The highest BCUT2D eigenvalue weighted by Crippen LogP contribution is 2.23. The van der Waals surface area contributed by atoms with Gasteiger partial charge >= 0.3 is 0 Å². The maximum atomic E-state index is 6.16. The number of para-hydroxylation sites is 1. The number of nitrogens with zero attached hydrogens (tertiary/aromatic N) is 1. The minimum absolute atomic E-state index is 0. The third kappa shape index (κ3) is 7.56. The summed E-state index contributed by atoms with van der Waals surface area (Å²) in [4.78, 5) is 2.47. The van der Waals surface area contributed by atoms with Crippen molar-refractivity contribution in [3.05, 3.63) is 59.7 Å². The van der Waals surface area contributed by atoms with Gasteiger partial charge in [0.1, 0.15) is 11.5 Å². The van der Waals surface area contributed by atoms with Gasteiger partial charge in [0.2, 0.25) is 0 Å². The molecule has 2 aromatic rings. The second-order valence-corrected chi connectivity index (χ2v) is 7.93. The zero-order valence-electron chi connectivity index (χ0n) is 17.9. The van der Waals surface area contributed by atoms with Crippen LogP contribution in [0.2, 0.25) is 0 Å². The standard InChI is InChI=1S/C25H35NO2.ClH/c1-26-18-9-14-23(26)17-19-28-25-16-7-6-13-22(25)12-5-3-4-10-21-11-8-15-24(20-21)27-2;/h6-8,11,13,15-16,20,23H,3-5,9-10,12,14,17-19H2,1-2H3;1H. The molecule has 29 heavy (non-hydrogen) atoms. The molecule has 0 N–H and O–H groups in total. The molecule has 0 amide bonds. The number of methoxy groups -OCH3 is 1. The minimum atomic E-state index is 0. The zero-order valence-corrected chi connectivity index (χ0v) is 18.8. The lowest BCUT2D eigenvalue weighted by molar-refractivity contribution is 0.232. The fourth-order valence-electron chi connectivity index (χ4n) is 4.15. The van der Waals surface area contributed by atoms with Gasteiger partial charge in [0, 0.05) is 6.04 Å². The number of rotatable bonds is 11. The highest BCUT2D eigenvalue weighted by molar-refractivity contribution is 5.85. The van der Waals surface area contributed by atoms with Crippen LogP contribution in [0.4, 0.5) is 0 Å². The largest absolute Gasteiger partial charge is 0.497 e. The van der Waals surface area contributed by atoms with Crippen LogP contribution in [0, 0.1) is 0 Å². The molecule has 4 heteroatoms. The smallest absolute Gasteiger partial charge is 0.122 e. The number of benzene rings is 2. The Labute approximate surface area is 182 Å². The second kappa shape index (κ2) is 12.8. The summed E-state index contributed by atoms with van der Waals surface area (Å²) in [5, 5.41) is 0. The third-order valence-electron chi connectivity index (χ3n) is 5.90. The zero-order chi connectivity index (χ0) is 19.6. The summed E-state index contributed by atoms with van der Waals surface area (Å²) in [5.41, 5.74) is 2.71. The molecule has 1 atom stereocenters. The average Bonchev–Trinajstić information content (AvgIpc) is 3.14. The Morgan fingerprint density at radius 1 is 1.00 bits per heavy atom. The van der Waals surface area contributed by atoms with Gasteiger partial charge in [-0.2, -0.15) is 0 Å². The van der Waals surface area contributed by atoms with Gasteiger partial charge in [-0.15, -0.1) is 12.4 Å². The average molecular weight is 418 g/mol. The van der Waals surface area contributed by atoms with E-state index in [1.165, 1.54) is 49.8 Å². The molecule has 1 saturated heterocycles. The topological polar surface area (TPSA) is 21.7 Å². The van der Waals surface area contributed by atoms with E-state index in [1.807, 2.05) is 6.07 Å². The van der Waals surface area contributed by atoms with Crippen molar-refractivity contribution in [2.75, 3.05) is 27.3 Å². The van der Waals surface area contributed by atoms with Crippen LogP contribution in [0.25, 0.3) is 0 Å². The first-order valence-electron chi connectivity index (χ1n) is 10.8. The number of halogens is 1. The van der Waals surface area contributed by atoms with Crippen molar-refractivity contribution in [1.29, 1.82) is 0 Å². The van der Waals surface area contributed by atoms with E-state index in [0.29, 0.717) is 6.04 Å². The molecule has 3 rings (SSSR count). The van der Waals surface area contributed by atoms with Gasteiger partial charge in [0.15, 0.2) is 0 Å². The van der Waals surface area contributed by atoms with E-state index < -0.39 is 0 Å². The van der Waals surface area contributed by atoms with E-state index in [1.54, 1.807) is 7.11 Å². The number of ether oxygens (including phenoxy) is 2. The first kappa shape index (κ1) is 23.6. The molecule has 0 aliphatic carbocycles. The molecule has 0 saturated carbocycles. The molecule has 3 nitrogen and oxygen atoms in total. The summed E-state index contributed by atoms with van der Waals surface area (Å²) in [6.07, 6.45) is 9.63. The van der Waals surface area contributed by atoms with Crippen LogP contribution in [0.3, 0.4) is 0 Å². The molecule has 0 aromatic heterocycles. The van der Waals surface area contributed by atoms with Crippen LogP contribution in [0.1, 0.15) is 49.7 Å². The summed E-state index contributed by atoms with van der Waals surface area (Å²) in [5.74, 6) is 2.03. The maximum absolute atomic E-state index is 6.16. The van der Waals surface area contributed by atoms with Gasteiger partial charge in [0.05, 0.1) is 13.7 Å². The highest BCUT2D eigenvalue weighted by atomic mass is 35.5. The third-order valence-corrected chi connectivity index (χ3v) is 5.90. The quantitative estimate of drug-likeness (QED) is 0.422.